The Morgan fingerprint density at radius 3 is 2.22 bits per heavy atom. The molecule has 27 heavy (non-hydrogen) atoms. The summed E-state index contributed by atoms with van der Waals surface area (Å²) in [6.07, 6.45) is 2.77. The van der Waals surface area contributed by atoms with Crippen molar-refractivity contribution in [1.29, 1.82) is 0 Å². The minimum atomic E-state index is -3.54. The van der Waals surface area contributed by atoms with Gasteiger partial charge < -0.3 is 14.4 Å². The van der Waals surface area contributed by atoms with E-state index in [0.717, 1.165) is 19.3 Å². The van der Waals surface area contributed by atoms with Crippen LogP contribution in [0.1, 0.15) is 29.6 Å². The highest BCUT2D eigenvalue weighted by atomic mass is 32.2. The Kier molecular flexibility index (Phi) is 6.46. The SMILES string of the molecule is O=C(OCC(=O)N1CCOCC1)c1ccc(S(=O)(=O)N2CCCCC2)cc1. The minimum absolute atomic E-state index is 0.158. The number of hydrogen-bond acceptors (Lipinski definition) is 6. The first-order valence-corrected chi connectivity index (χ1v) is 10.6. The summed E-state index contributed by atoms with van der Waals surface area (Å²) >= 11 is 0. The molecule has 2 heterocycles. The summed E-state index contributed by atoms with van der Waals surface area (Å²) in [5.41, 5.74) is 0.211. The first-order chi connectivity index (χ1) is 13.0. The van der Waals surface area contributed by atoms with Gasteiger partial charge in [0, 0.05) is 26.2 Å². The van der Waals surface area contributed by atoms with Crippen LogP contribution in [0, 0.1) is 0 Å². The predicted molar refractivity (Wildman–Crippen MR) is 96.7 cm³/mol. The number of sulfonamides is 1. The van der Waals surface area contributed by atoms with E-state index in [1.807, 2.05) is 0 Å². The van der Waals surface area contributed by atoms with Crippen molar-refractivity contribution in [2.75, 3.05) is 46.0 Å². The lowest BCUT2D eigenvalue weighted by Crippen LogP contribution is -2.42. The van der Waals surface area contributed by atoms with E-state index in [0.29, 0.717) is 39.4 Å². The second-order valence-electron chi connectivity index (χ2n) is 6.56. The lowest BCUT2D eigenvalue weighted by atomic mass is 10.2. The Morgan fingerprint density at radius 1 is 0.963 bits per heavy atom. The van der Waals surface area contributed by atoms with Crippen LogP contribution in [0.3, 0.4) is 0 Å². The molecule has 2 aliphatic rings. The first-order valence-electron chi connectivity index (χ1n) is 9.11. The summed E-state index contributed by atoms with van der Waals surface area (Å²) < 4.78 is 36.9. The number of carbonyl (C=O) groups excluding carboxylic acids is 2. The van der Waals surface area contributed by atoms with E-state index in [1.54, 1.807) is 4.90 Å². The first kappa shape index (κ1) is 19.8. The van der Waals surface area contributed by atoms with Gasteiger partial charge in [0.15, 0.2) is 6.61 Å². The van der Waals surface area contributed by atoms with Gasteiger partial charge in [-0.3, -0.25) is 4.79 Å². The van der Waals surface area contributed by atoms with Gasteiger partial charge >= 0.3 is 5.97 Å². The van der Waals surface area contributed by atoms with Crippen LogP contribution in [0.15, 0.2) is 29.2 Å². The molecule has 1 amide bonds. The Balaban J connectivity index is 1.57. The van der Waals surface area contributed by atoms with Crippen LogP contribution < -0.4 is 0 Å². The van der Waals surface area contributed by atoms with E-state index in [9.17, 15) is 18.0 Å². The fraction of sp³-hybridized carbons (Fsp3) is 0.556. The van der Waals surface area contributed by atoms with Crippen molar-refractivity contribution in [2.45, 2.75) is 24.2 Å². The second-order valence-corrected chi connectivity index (χ2v) is 8.50. The zero-order chi connectivity index (χ0) is 19.3. The van der Waals surface area contributed by atoms with Crippen molar-refractivity contribution < 1.29 is 27.5 Å². The topological polar surface area (TPSA) is 93.2 Å². The number of benzene rings is 1. The number of carbonyl (C=O) groups is 2. The molecule has 0 aromatic heterocycles. The Labute approximate surface area is 159 Å². The molecule has 0 spiro atoms. The van der Waals surface area contributed by atoms with Crippen LogP contribution in [0.2, 0.25) is 0 Å². The highest BCUT2D eigenvalue weighted by Gasteiger charge is 2.26. The van der Waals surface area contributed by atoms with Gasteiger partial charge in [0.2, 0.25) is 10.0 Å². The van der Waals surface area contributed by atoms with Crippen LogP contribution in [0.4, 0.5) is 0 Å². The van der Waals surface area contributed by atoms with Crippen LogP contribution in [0.25, 0.3) is 0 Å². The number of amides is 1. The van der Waals surface area contributed by atoms with Gasteiger partial charge in [0.05, 0.1) is 23.7 Å². The van der Waals surface area contributed by atoms with Gasteiger partial charge in [-0.2, -0.15) is 4.31 Å². The number of nitrogens with zero attached hydrogens (tertiary/aromatic N) is 2. The molecular formula is C18H24N2O6S. The normalized spacial score (nSPS) is 18.9. The van der Waals surface area contributed by atoms with E-state index >= 15 is 0 Å². The Hall–Kier alpha value is -1.97. The van der Waals surface area contributed by atoms with Crippen molar-refractivity contribution >= 4 is 21.9 Å². The van der Waals surface area contributed by atoms with Crippen molar-refractivity contribution in [3.05, 3.63) is 29.8 Å². The Morgan fingerprint density at radius 2 is 1.59 bits per heavy atom. The number of ether oxygens (including phenoxy) is 2. The third kappa shape index (κ3) is 4.85. The molecule has 8 nitrogen and oxygen atoms in total. The maximum absolute atomic E-state index is 12.6. The van der Waals surface area contributed by atoms with E-state index in [1.165, 1.54) is 28.6 Å². The van der Waals surface area contributed by atoms with E-state index < -0.39 is 16.0 Å². The maximum atomic E-state index is 12.6. The smallest absolute Gasteiger partial charge is 0.338 e. The lowest BCUT2D eigenvalue weighted by Gasteiger charge is -2.26. The standard InChI is InChI=1S/C18H24N2O6S/c21-17(19-10-12-25-13-11-19)14-26-18(22)15-4-6-16(7-5-15)27(23,24)20-8-2-1-3-9-20/h4-7H,1-3,8-14H2. The van der Waals surface area contributed by atoms with Gasteiger partial charge in [0.25, 0.3) is 5.91 Å². The average molecular weight is 396 g/mol. The van der Waals surface area contributed by atoms with Gasteiger partial charge in [-0.25, -0.2) is 13.2 Å². The van der Waals surface area contributed by atoms with Crippen molar-refractivity contribution in [2.24, 2.45) is 0 Å². The molecule has 0 unspecified atom stereocenters. The Bertz CT molecular complexity index is 766. The minimum Gasteiger partial charge on any atom is -0.452 e. The molecule has 0 bridgehead atoms. The third-order valence-electron chi connectivity index (χ3n) is 4.73. The molecule has 3 rings (SSSR count). The number of hydrogen-bond donors (Lipinski definition) is 0. The third-order valence-corrected chi connectivity index (χ3v) is 6.65. The maximum Gasteiger partial charge on any atom is 0.338 e. The summed E-state index contributed by atoms with van der Waals surface area (Å²) in [6, 6.07) is 5.64. The van der Waals surface area contributed by atoms with Crippen molar-refractivity contribution in [3.8, 4) is 0 Å². The van der Waals surface area contributed by atoms with Crippen molar-refractivity contribution in [3.63, 3.8) is 0 Å². The summed E-state index contributed by atoms with van der Waals surface area (Å²) in [7, 11) is -3.54. The van der Waals surface area contributed by atoms with E-state index in [4.69, 9.17) is 9.47 Å². The van der Waals surface area contributed by atoms with Crippen LogP contribution in [-0.4, -0.2) is 75.5 Å². The molecule has 0 N–H and O–H groups in total. The number of esters is 1. The van der Waals surface area contributed by atoms with E-state index in [2.05, 4.69) is 0 Å². The molecule has 2 fully saturated rings. The van der Waals surface area contributed by atoms with Crippen molar-refractivity contribution in [1.82, 2.24) is 9.21 Å². The van der Waals surface area contributed by atoms with Crippen LogP contribution in [0.5, 0.6) is 0 Å². The second kappa shape index (κ2) is 8.81. The largest absolute Gasteiger partial charge is 0.452 e. The van der Waals surface area contributed by atoms with Gasteiger partial charge in [-0.15, -0.1) is 0 Å². The zero-order valence-electron chi connectivity index (χ0n) is 15.1. The van der Waals surface area contributed by atoms with Gasteiger partial charge in [-0.1, -0.05) is 6.42 Å². The quantitative estimate of drug-likeness (QED) is 0.686. The highest BCUT2D eigenvalue weighted by Crippen LogP contribution is 2.21. The lowest BCUT2D eigenvalue weighted by molar-refractivity contribution is -0.138. The molecular weight excluding hydrogens is 372 g/mol. The number of rotatable bonds is 5. The fourth-order valence-corrected chi connectivity index (χ4v) is 4.65. The fourth-order valence-electron chi connectivity index (χ4n) is 3.13. The molecule has 1 aromatic carbocycles. The molecule has 2 aliphatic heterocycles. The van der Waals surface area contributed by atoms with Crippen LogP contribution in [-0.2, 0) is 24.3 Å². The zero-order valence-corrected chi connectivity index (χ0v) is 15.9. The number of piperidine rings is 1. The van der Waals surface area contributed by atoms with E-state index in [-0.39, 0.29) is 23.0 Å². The van der Waals surface area contributed by atoms with Crippen LogP contribution >= 0.6 is 0 Å². The predicted octanol–water partition coefficient (Wildman–Crippen LogP) is 0.877. The number of morpholine rings is 1. The molecule has 0 radical (unpaired) electrons. The highest BCUT2D eigenvalue weighted by molar-refractivity contribution is 7.89. The molecule has 9 heteroatoms. The molecule has 148 valence electrons. The summed E-state index contributed by atoms with van der Waals surface area (Å²) in [4.78, 5) is 25.9. The molecule has 0 aliphatic carbocycles. The molecule has 1 aromatic rings. The molecule has 2 saturated heterocycles. The van der Waals surface area contributed by atoms with Gasteiger partial charge in [0.1, 0.15) is 0 Å². The molecule has 0 atom stereocenters. The summed E-state index contributed by atoms with van der Waals surface area (Å²) in [5.74, 6) is -0.922. The average Bonchev–Trinajstić information content (AvgIpc) is 2.73. The summed E-state index contributed by atoms with van der Waals surface area (Å²) in [6.45, 7) is 2.64. The van der Waals surface area contributed by atoms with Gasteiger partial charge in [-0.05, 0) is 37.1 Å². The molecule has 0 saturated carbocycles. The monoisotopic (exact) mass is 396 g/mol. The summed E-state index contributed by atoms with van der Waals surface area (Å²) in [5, 5.41) is 0.